The third-order valence-corrected chi connectivity index (χ3v) is 5.21. The molecule has 1 aliphatic rings. The molecule has 2 heterocycles. The van der Waals surface area contributed by atoms with Crippen LogP contribution in [0.1, 0.15) is 37.2 Å². The van der Waals surface area contributed by atoms with Crippen LogP contribution in [-0.4, -0.2) is 28.7 Å². The van der Waals surface area contributed by atoms with Gasteiger partial charge in [0.15, 0.2) is 0 Å². The van der Waals surface area contributed by atoms with Crippen LogP contribution in [-0.2, 0) is 0 Å². The molecule has 2 N–H and O–H groups in total. The fourth-order valence-corrected chi connectivity index (χ4v) is 4.10. The van der Waals surface area contributed by atoms with E-state index in [1.807, 2.05) is 29.3 Å². The summed E-state index contributed by atoms with van der Waals surface area (Å²) in [5, 5.41) is 15.7. The van der Waals surface area contributed by atoms with Crippen molar-refractivity contribution in [2.24, 2.45) is 0 Å². The standard InChI is InChI=1S/C13H21NOS2/c1-10(14-11-4-7-16-8-5-11)9-12(15)13-3-2-6-17-13/h2-3,6,10-12,14-15H,4-5,7-9H2,1H3. The minimum atomic E-state index is -0.310. The molecular weight excluding hydrogens is 250 g/mol. The molecule has 0 aromatic carbocycles. The molecule has 1 fully saturated rings. The zero-order valence-electron chi connectivity index (χ0n) is 10.3. The smallest absolute Gasteiger partial charge is 0.0896 e. The quantitative estimate of drug-likeness (QED) is 0.863. The molecule has 0 radical (unpaired) electrons. The van der Waals surface area contributed by atoms with Crippen LogP contribution in [0.15, 0.2) is 17.5 Å². The molecule has 2 nitrogen and oxygen atoms in total. The molecule has 0 aliphatic carbocycles. The number of thiophene rings is 1. The van der Waals surface area contributed by atoms with Gasteiger partial charge in [-0.15, -0.1) is 11.3 Å². The first-order valence-corrected chi connectivity index (χ1v) is 8.34. The molecule has 1 saturated heterocycles. The predicted molar refractivity (Wildman–Crippen MR) is 76.8 cm³/mol. The average molecular weight is 271 g/mol. The van der Waals surface area contributed by atoms with Crippen molar-refractivity contribution in [1.29, 1.82) is 0 Å². The van der Waals surface area contributed by atoms with Gasteiger partial charge >= 0.3 is 0 Å². The summed E-state index contributed by atoms with van der Waals surface area (Å²) in [5.41, 5.74) is 0. The van der Waals surface area contributed by atoms with Gasteiger partial charge < -0.3 is 10.4 Å². The molecule has 1 aliphatic heterocycles. The third-order valence-electron chi connectivity index (χ3n) is 3.19. The number of aliphatic hydroxyl groups is 1. The van der Waals surface area contributed by atoms with E-state index >= 15 is 0 Å². The Morgan fingerprint density at radius 3 is 2.88 bits per heavy atom. The van der Waals surface area contributed by atoms with E-state index in [9.17, 15) is 5.11 Å². The van der Waals surface area contributed by atoms with Crippen molar-refractivity contribution in [2.45, 2.75) is 44.4 Å². The topological polar surface area (TPSA) is 32.3 Å². The molecule has 2 atom stereocenters. The Morgan fingerprint density at radius 2 is 2.24 bits per heavy atom. The molecule has 0 saturated carbocycles. The van der Waals surface area contributed by atoms with Crippen LogP contribution < -0.4 is 5.32 Å². The third kappa shape index (κ3) is 4.28. The Hall–Kier alpha value is -0.0300. The predicted octanol–water partition coefficient (Wildman–Crippen LogP) is 3.05. The molecule has 17 heavy (non-hydrogen) atoms. The molecule has 0 bridgehead atoms. The molecule has 4 heteroatoms. The highest BCUT2D eigenvalue weighted by Gasteiger charge is 2.18. The molecule has 2 unspecified atom stereocenters. The number of thioether (sulfide) groups is 1. The van der Waals surface area contributed by atoms with E-state index < -0.39 is 0 Å². The van der Waals surface area contributed by atoms with Crippen LogP contribution >= 0.6 is 23.1 Å². The zero-order chi connectivity index (χ0) is 12.1. The summed E-state index contributed by atoms with van der Waals surface area (Å²) in [7, 11) is 0. The first kappa shape index (κ1) is 13.4. The van der Waals surface area contributed by atoms with E-state index in [1.54, 1.807) is 11.3 Å². The SMILES string of the molecule is CC(CC(O)c1cccs1)NC1CCSCC1. The Labute approximate surface area is 112 Å². The van der Waals surface area contributed by atoms with Crippen LogP contribution in [0.3, 0.4) is 0 Å². The van der Waals surface area contributed by atoms with Crippen LogP contribution in [0.5, 0.6) is 0 Å². The van der Waals surface area contributed by atoms with Crippen LogP contribution in [0.4, 0.5) is 0 Å². The minimum absolute atomic E-state index is 0.310. The molecule has 0 spiro atoms. The van der Waals surface area contributed by atoms with Crippen molar-refractivity contribution >= 4 is 23.1 Å². The lowest BCUT2D eigenvalue weighted by Gasteiger charge is -2.27. The fraction of sp³-hybridized carbons (Fsp3) is 0.692. The maximum absolute atomic E-state index is 10.1. The van der Waals surface area contributed by atoms with E-state index in [-0.39, 0.29) is 6.10 Å². The van der Waals surface area contributed by atoms with E-state index in [1.165, 1.54) is 24.3 Å². The average Bonchev–Trinajstić information content (AvgIpc) is 2.83. The highest BCUT2D eigenvalue weighted by molar-refractivity contribution is 7.99. The van der Waals surface area contributed by atoms with Crippen molar-refractivity contribution in [3.8, 4) is 0 Å². The second-order valence-electron chi connectivity index (χ2n) is 4.72. The summed E-state index contributed by atoms with van der Waals surface area (Å²) in [5.74, 6) is 2.55. The number of nitrogens with one attached hydrogen (secondary N) is 1. The van der Waals surface area contributed by atoms with Gasteiger partial charge in [-0.05, 0) is 49.1 Å². The van der Waals surface area contributed by atoms with Gasteiger partial charge in [0.25, 0.3) is 0 Å². The van der Waals surface area contributed by atoms with E-state index in [0.29, 0.717) is 12.1 Å². The Morgan fingerprint density at radius 1 is 1.47 bits per heavy atom. The molecule has 1 aromatic rings. The summed E-state index contributed by atoms with van der Waals surface area (Å²) in [6.07, 6.45) is 3.04. The van der Waals surface area contributed by atoms with E-state index in [4.69, 9.17) is 0 Å². The molecule has 2 rings (SSSR count). The molecule has 96 valence electrons. The van der Waals surface area contributed by atoms with Gasteiger partial charge in [0.1, 0.15) is 0 Å². The number of rotatable bonds is 5. The normalized spacial score (nSPS) is 21.3. The van der Waals surface area contributed by atoms with Gasteiger partial charge in [-0.3, -0.25) is 0 Å². The summed E-state index contributed by atoms with van der Waals surface area (Å²) < 4.78 is 0. The van der Waals surface area contributed by atoms with Crippen molar-refractivity contribution in [1.82, 2.24) is 5.32 Å². The Bertz CT molecular complexity index is 309. The number of hydrogen-bond donors (Lipinski definition) is 2. The van der Waals surface area contributed by atoms with Gasteiger partial charge in [0, 0.05) is 17.0 Å². The second-order valence-corrected chi connectivity index (χ2v) is 6.93. The highest BCUT2D eigenvalue weighted by atomic mass is 32.2. The number of hydrogen-bond acceptors (Lipinski definition) is 4. The summed E-state index contributed by atoms with van der Waals surface area (Å²) in [6.45, 7) is 2.18. The van der Waals surface area contributed by atoms with Gasteiger partial charge in [0.2, 0.25) is 0 Å². The van der Waals surface area contributed by atoms with Crippen molar-refractivity contribution in [3.63, 3.8) is 0 Å². The zero-order valence-corrected chi connectivity index (χ0v) is 11.9. The highest BCUT2D eigenvalue weighted by Crippen LogP contribution is 2.24. The summed E-state index contributed by atoms with van der Waals surface area (Å²) >= 11 is 3.69. The van der Waals surface area contributed by atoms with Gasteiger partial charge in [-0.2, -0.15) is 11.8 Å². The Kier molecular flexibility index (Phi) is 5.35. The van der Waals surface area contributed by atoms with Crippen molar-refractivity contribution < 1.29 is 5.11 Å². The lowest BCUT2D eigenvalue weighted by molar-refractivity contribution is 0.154. The van der Waals surface area contributed by atoms with Crippen LogP contribution in [0.25, 0.3) is 0 Å². The maximum atomic E-state index is 10.1. The largest absolute Gasteiger partial charge is 0.388 e. The van der Waals surface area contributed by atoms with Crippen molar-refractivity contribution in [3.05, 3.63) is 22.4 Å². The maximum Gasteiger partial charge on any atom is 0.0896 e. The monoisotopic (exact) mass is 271 g/mol. The first-order valence-electron chi connectivity index (χ1n) is 6.31. The van der Waals surface area contributed by atoms with Crippen LogP contribution in [0.2, 0.25) is 0 Å². The van der Waals surface area contributed by atoms with Gasteiger partial charge in [0.05, 0.1) is 6.10 Å². The first-order chi connectivity index (χ1) is 8.25. The summed E-state index contributed by atoms with van der Waals surface area (Å²) in [4.78, 5) is 1.08. The minimum Gasteiger partial charge on any atom is -0.388 e. The lowest BCUT2D eigenvalue weighted by atomic mass is 10.1. The summed E-state index contributed by atoms with van der Waals surface area (Å²) in [6, 6.07) is 5.06. The van der Waals surface area contributed by atoms with Crippen LogP contribution in [0, 0.1) is 0 Å². The second kappa shape index (κ2) is 6.78. The Balaban J connectivity index is 1.74. The van der Waals surface area contributed by atoms with Gasteiger partial charge in [-0.25, -0.2) is 0 Å². The van der Waals surface area contributed by atoms with E-state index in [0.717, 1.165) is 11.3 Å². The molecule has 1 aromatic heterocycles. The molecular formula is C13H21NOS2. The fourth-order valence-electron chi connectivity index (χ4n) is 2.27. The van der Waals surface area contributed by atoms with E-state index in [2.05, 4.69) is 12.2 Å². The number of aliphatic hydroxyl groups excluding tert-OH is 1. The van der Waals surface area contributed by atoms with Gasteiger partial charge in [-0.1, -0.05) is 6.07 Å². The lowest BCUT2D eigenvalue weighted by Crippen LogP contribution is -2.39. The molecule has 0 amide bonds. The van der Waals surface area contributed by atoms with Crippen molar-refractivity contribution in [2.75, 3.05) is 11.5 Å².